The molecule has 2 aromatic rings. The van der Waals surface area contributed by atoms with Crippen LogP contribution in [0, 0.1) is 0 Å². The average Bonchev–Trinajstić information content (AvgIpc) is 3.22. The van der Waals surface area contributed by atoms with Crippen LogP contribution in [0.15, 0.2) is 36.4 Å². The maximum absolute atomic E-state index is 11.5. The number of hydrogen-bond donors (Lipinski definition) is 2. The van der Waals surface area contributed by atoms with E-state index in [4.69, 9.17) is 17.0 Å². The van der Waals surface area contributed by atoms with Gasteiger partial charge in [-0.3, -0.25) is 9.59 Å². The highest BCUT2D eigenvalue weighted by molar-refractivity contribution is 7.80. The number of ether oxygens (including phenoxy) is 2. The number of nitrogens with one attached hydrogen (secondary N) is 2. The summed E-state index contributed by atoms with van der Waals surface area (Å²) in [5.41, 5.74) is 3.00. The number of carbonyl (C=O) groups excluding carboxylic acids is 4. The molecule has 0 spiro atoms. The number of amides is 1. The molecule has 154 valence electrons. The number of rotatable bonds is 2. The van der Waals surface area contributed by atoms with Crippen LogP contribution < -0.4 is 10.6 Å². The van der Waals surface area contributed by atoms with Gasteiger partial charge in [-0.15, -0.1) is 0 Å². The number of thiocarbonyl (C=S) groups is 1. The van der Waals surface area contributed by atoms with Crippen molar-refractivity contribution in [2.75, 3.05) is 24.9 Å². The first-order chi connectivity index (χ1) is 14.3. The highest BCUT2D eigenvalue weighted by Gasteiger charge is 2.32. The maximum atomic E-state index is 11.5. The molecule has 0 saturated carbocycles. The van der Waals surface area contributed by atoms with Gasteiger partial charge in [0, 0.05) is 11.6 Å². The fourth-order valence-electron chi connectivity index (χ4n) is 3.27. The molecule has 2 N–H and O–H groups in total. The van der Waals surface area contributed by atoms with Gasteiger partial charge in [-0.05, 0) is 29.8 Å². The second-order valence-corrected chi connectivity index (χ2v) is 6.91. The molecule has 2 aliphatic heterocycles. The third-order valence-electron chi connectivity index (χ3n) is 4.75. The summed E-state index contributed by atoms with van der Waals surface area (Å²) in [6, 6.07) is 10.1. The van der Waals surface area contributed by atoms with Crippen molar-refractivity contribution in [3.8, 4) is 0 Å². The van der Waals surface area contributed by atoms with Crippen LogP contribution in [0.5, 0.6) is 0 Å². The standard InChI is InChI=1S/C11H11NO2S.C10H7NO4/c1-6-9-7(11(13)14-2)4-3-5-8(9)12-10(6)15;1-15-10(14)5-3-2-4-6-7(5)8(12)9(13)11-6/h3-6H,1-2H3,(H,12,15);2-4H,1H3,(H,11,12,13). The number of fused-ring (bicyclic) bond motifs is 2. The number of anilines is 2. The Kier molecular flexibility index (Phi) is 5.93. The zero-order valence-corrected chi connectivity index (χ0v) is 17.2. The predicted octanol–water partition coefficient (Wildman–Crippen LogP) is 2.94. The van der Waals surface area contributed by atoms with Crippen LogP contribution in [0.2, 0.25) is 0 Å². The minimum absolute atomic E-state index is 0.0744. The normalized spacial score (nSPS) is 15.8. The molecular weight excluding hydrogens is 408 g/mol. The van der Waals surface area contributed by atoms with Gasteiger partial charge in [0.1, 0.15) is 0 Å². The number of ketones is 1. The van der Waals surface area contributed by atoms with Gasteiger partial charge in [0.2, 0.25) is 0 Å². The Morgan fingerprint density at radius 3 is 2.10 bits per heavy atom. The fraction of sp³-hybridized carbons (Fsp3) is 0.190. The Hall–Kier alpha value is -3.59. The van der Waals surface area contributed by atoms with E-state index in [1.54, 1.807) is 18.2 Å². The summed E-state index contributed by atoms with van der Waals surface area (Å²) < 4.78 is 9.25. The Labute approximate surface area is 177 Å². The monoisotopic (exact) mass is 426 g/mol. The van der Waals surface area contributed by atoms with E-state index in [0.29, 0.717) is 11.3 Å². The number of benzene rings is 2. The lowest BCUT2D eigenvalue weighted by Gasteiger charge is -2.08. The van der Waals surface area contributed by atoms with Crippen molar-refractivity contribution >= 4 is 52.2 Å². The molecule has 4 rings (SSSR count). The largest absolute Gasteiger partial charge is 0.465 e. The SMILES string of the molecule is COC(=O)c1cccc2c1C(=O)C(=O)N2.COC(=O)c1cccc2c1C(C)C(=S)N2. The fourth-order valence-corrected chi connectivity index (χ4v) is 3.50. The van der Waals surface area contributed by atoms with E-state index in [0.717, 1.165) is 16.2 Å². The van der Waals surface area contributed by atoms with Gasteiger partial charge >= 0.3 is 11.9 Å². The number of carbonyl (C=O) groups is 4. The lowest BCUT2D eigenvalue weighted by molar-refractivity contribution is -0.112. The van der Waals surface area contributed by atoms with Crippen molar-refractivity contribution in [1.29, 1.82) is 0 Å². The first-order valence-corrected chi connectivity index (χ1v) is 9.30. The van der Waals surface area contributed by atoms with Crippen molar-refractivity contribution in [2.45, 2.75) is 12.8 Å². The molecular formula is C21H18N2O6S. The van der Waals surface area contributed by atoms with Crippen molar-refractivity contribution in [2.24, 2.45) is 0 Å². The molecule has 0 aliphatic carbocycles. The molecule has 0 bridgehead atoms. The smallest absolute Gasteiger partial charge is 0.338 e. The number of esters is 2. The Bertz CT molecular complexity index is 1090. The van der Waals surface area contributed by atoms with E-state index in [1.807, 2.05) is 19.1 Å². The maximum Gasteiger partial charge on any atom is 0.338 e. The molecule has 0 radical (unpaired) electrons. The van der Waals surface area contributed by atoms with Gasteiger partial charge < -0.3 is 20.1 Å². The van der Waals surface area contributed by atoms with E-state index in [1.165, 1.54) is 20.3 Å². The summed E-state index contributed by atoms with van der Waals surface area (Å²) >= 11 is 5.17. The summed E-state index contributed by atoms with van der Waals surface area (Å²) in [4.78, 5) is 46.1. The van der Waals surface area contributed by atoms with Crippen molar-refractivity contribution < 1.29 is 28.7 Å². The minimum atomic E-state index is -0.721. The van der Waals surface area contributed by atoms with Crippen LogP contribution in [-0.4, -0.2) is 42.8 Å². The molecule has 30 heavy (non-hydrogen) atoms. The average molecular weight is 426 g/mol. The third-order valence-corrected chi connectivity index (χ3v) is 5.20. The second-order valence-electron chi connectivity index (χ2n) is 6.47. The van der Waals surface area contributed by atoms with Crippen molar-refractivity contribution in [3.05, 3.63) is 58.7 Å². The molecule has 9 heteroatoms. The molecule has 0 saturated heterocycles. The molecule has 1 unspecified atom stereocenters. The van der Waals surface area contributed by atoms with Gasteiger partial charge in [0.15, 0.2) is 0 Å². The van der Waals surface area contributed by atoms with Crippen molar-refractivity contribution in [1.82, 2.24) is 0 Å². The third kappa shape index (κ3) is 3.67. The topological polar surface area (TPSA) is 111 Å². The van der Waals surface area contributed by atoms with Crippen molar-refractivity contribution in [3.63, 3.8) is 0 Å². The zero-order chi connectivity index (χ0) is 22.0. The Morgan fingerprint density at radius 2 is 1.47 bits per heavy atom. The Morgan fingerprint density at radius 1 is 0.900 bits per heavy atom. The first kappa shape index (κ1) is 21.1. The quantitative estimate of drug-likeness (QED) is 0.428. The van der Waals surface area contributed by atoms with Gasteiger partial charge in [-0.1, -0.05) is 31.3 Å². The molecule has 1 atom stereocenters. The summed E-state index contributed by atoms with van der Waals surface area (Å²) in [5.74, 6) is -2.29. The van der Waals surface area contributed by atoms with E-state index >= 15 is 0 Å². The lowest BCUT2D eigenvalue weighted by atomic mass is 9.97. The second kappa shape index (κ2) is 8.42. The van der Waals surface area contributed by atoms with Gasteiger partial charge in [0.05, 0.1) is 41.6 Å². The van der Waals surface area contributed by atoms with Gasteiger partial charge in [-0.2, -0.15) is 0 Å². The van der Waals surface area contributed by atoms with Crippen LogP contribution >= 0.6 is 12.2 Å². The van der Waals surface area contributed by atoms with Crippen LogP contribution in [0.25, 0.3) is 0 Å². The molecule has 8 nitrogen and oxygen atoms in total. The van der Waals surface area contributed by atoms with E-state index in [2.05, 4.69) is 15.4 Å². The van der Waals surface area contributed by atoms with E-state index in [-0.39, 0.29) is 23.0 Å². The van der Waals surface area contributed by atoms with Crippen LogP contribution in [0.4, 0.5) is 11.4 Å². The van der Waals surface area contributed by atoms with Gasteiger partial charge in [-0.25, -0.2) is 9.59 Å². The van der Waals surface area contributed by atoms with Crippen LogP contribution in [-0.2, 0) is 14.3 Å². The predicted molar refractivity (Wildman–Crippen MR) is 113 cm³/mol. The zero-order valence-electron chi connectivity index (χ0n) is 16.4. The van der Waals surface area contributed by atoms with Crippen LogP contribution in [0.3, 0.4) is 0 Å². The minimum Gasteiger partial charge on any atom is -0.465 e. The molecule has 2 aliphatic rings. The van der Waals surface area contributed by atoms with Crippen LogP contribution in [0.1, 0.15) is 49.5 Å². The molecule has 2 aromatic carbocycles. The summed E-state index contributed by atoms with van der Waals surface area (Å²) in [6.07, 6.45) is 0. The molecule has 1 amide bonds. The lowest BCUT2D eigenvalue weighted by Crippen LogP contribution is -2.14. The Balaban J connectivity index is 0.000000171. The first-order valence-electron chi connectivity index (χ1n) is 8.89. The summed E-state index contributed by atoms with van der Waals surface area (Å²) in [5, 5.41) is 5.46. The molecule has 0 aromatic heterocycles. The number of Topliss-reactive ketones (excluding diaryl/α,β-unsaturated/α-hetero) is 1. The van der Waals surface area contributed by atoms with E-state index in [9.17, 15) is 19.2 Å². The number of methoxy groups -OCH3 is 2. The highest BCUT2D eigenvalue weighted by atomic mass is 32.1. The summed E-state index contributed by atoms with van der Waals surface area (Å²) in [7, 11) is 2.60. The van der Waals surface area contributed by atoms with Gasteiger partial charge in [0.25, 0.3) is 11.7 Å². The molecule has 2 heterocycles. The highest BCUT2D eigenvalue weighted by Crippen LogP contribution is 2.35. The number of hydrogen-bond acceptors (Lipinski definition) is 7. The summed E-state index contributed by atoms with van der Waals surface area (Å²) in [6.45, 7) is 1.98. The van der Waals surface area contributed by atoms with E-state index < -0.39 is 17.7 Å². The molecule has 0 fully saturated rings.